The maximum absolute atomic E-state index is 11.7. The number of hydrogen-bond acceptors (Lipinski definition) is 4. The minimum absolute atomic E-state index is 0.0681. The van der Waals surface area contributed by atoms with E-state index in [1.807, 2.05) is 27.7 Å². The van der Waals surface area contributed by atoms with E-state index in [1.165, 1.54) is 11.3 Å². The molecule has 90 valence electrons. The second-order valence-electron chi connectivity index (χ2n) is 4.24. The molecular weight excluding hydrogens is 290 g/mol. The molecule has 1 amide bonds. The van der Waals surface area contributed by atoms with Crippen LogP contribution in [0.4, 0.5) is 5.13 Å². The van der Waals surface area contributed by atoms with Crippen LogP contribution in [0.15, 0.2) is 0 Å². The average Bonchev–Trinajstić information content (AvgIpc) is 2.64. The number of alkyl halides is 1. The van der Waals surface area contributed by atoms with E-state index in [-0.39, 0.29) is 16.7 Å². The van der Waals surface area contributed by atoms with Gasteiger partial charge in [-0.1, -0.05) is 55.0 Å². The molecule has 1 N–H and O–H groups in total. The molecule has 16 heavy (non-hydrogen) atoms. The predicted octanol–water partition coefficient (Wildman–Crippen LogP) is 3.02. The van der Waals surface area contributed by atoms with Crippen LogP contribution >= 0.6 is 27.3 Å². The molecule has 6 heteroatoms. The fourth-order valence-electron chi connectivity index (χ4n) is 0.995. The monoisotopic (exact) mass is 305 g/mol. The Morgan fingerprint density at radius 3 is 2.38 bits per heavy atom. The molecule has 0 fully saturated rings. The van der Waals surface area contributed by atoms with Gasteiger partial charge in [-0.2, -0.15) is 0 Å². The molecule has 0 saturated heterocycles. The van der Waals surface area contributed by atoms with Gasteiger partial charge < -0.3 is 0 Å². The molecule has 1 atom stereocenters. The van der Waals surface area contributed by atoms with Gasteiger partial charge in [-0.25, -0.2) is 0 Å². The molecule has 0 unspecified atom stereocenters. The van der Waals surface area contributed by atoms with Crippen LogP contribution < -0.4 is 5.32 Å². The highest BCUT2D eigenvalue weighted by molar-refractivity contribution is 9.10. The highest BCUT2D eigenvalue weighted by Gasteiger charge is 2.20. The highest BCUT2D eigenvalue weighted by atomic mass is 79.9. The van der Waals surface area contributed by atoms with Crippen LogP contribution in [-0.4, -0.2) is 20.9 Å². The Bertz CT molecular complexity index is 365. The van der Waals surface area contributed by atoms with Gasteiger partial charge in [0.2, 0.25) is 11.0 Å². The molecule has 0 aliphatic rings. The Kier molecular flexibility index (Phi) is 4.86. The Balaban J connectivity index is 2.63. The van der Waals surface area contributed by atoms with E-state index in [0.717, 1.165) is 5.01 Å². The minimum atomic E-state index is -0.195. The van der Waals surface area contributed by atoms with Gasteiger partial charge >= 0.3 is 0 Å². The average molecular weight is 306 g/mol. The molecule has 0 aliphatic carbocycles. The number of carbonyl (C=O) groups is 1. The van der Waals surface area contributed by atoms with Crippen molar-refractivity contribution in [3.8, 4) is 0 Å². The lowest BCUT2D eigenvalue weighted by atomic mass is 10.1. The van der Waals surface area contributed by atoms with Crippen molar-refractivity contribution in [2.45, 2.75) is 38.4 Å². The smallest absolute Gasteiger partial charge is 0.240 e. The van der Waals surface area contributed by atoms with Crippen LogP contribution in [0.3, 0.4) is 0 Å². The molecule has 0 aliphatic heterocycles. The van der Waals surface area contributed by atoms with Crippen molar-refractivity contribution in [1.29, 1.82) is 0 Å². The minimum Gasteiger partial charge on any atom is -0.300 e. The molecule has 1 aromatic rings. The number of carbonyl (C=O) groups excluding carboxylic acids is 1. The van der Waals surface area contributed by atoms with Gasteiger partial charge in [-0.3, -0.25) is 10.1 Å². The van der Waals surface area contributed by atoms with Crippen LogP contribution in [0.2, 0.25) is 0 Å². The summed E-state index contributed by atoms with van der Waals surface area (Å²) in [6.45, 7) is 8.07. The van der Waals surface area contributed by atoms with Gasteiger partial charge in [0.1, 0.15) is 5.01 Å². The Morgan fingerprint density at radius 2 is 1.94 bits per heavy atom. The summed E-state index contributed by atoms with van der Waals surface area (Å²) in [6, 6.07) is 0. The molecule has 1 aromatic heterocycles. The number of hydrogen-bond donors (Lipinski definition) is 1. The summed E-state index contributed by atoms with van der Waals surface area (Å²) in [4.78, 5) is 11.5. The van der Waals surface area contributed by atoms with Gasteiger partial charge in [-0.15, -0.1) is 10.2 Å². The molecule has 0 spiro atoms. The summed E-state index contributed by atoms with van der Waals surface area (Å²) in [6.07, 6.45) is 0. The van der Waals surface area contributed by atoms with Crippen LogP contribution in [0.1, 0.15) is 38.6 Å². The third-order valence-corrected chi connectivity index (χ3v) is 4.61. The lowest BCUT2D eigenvalue weighted by Crippen LogP contribution is -2.26. The van der Waals surface area contributed by atoms with E-state index in [0.29, 0.717) is 11.0 Å². The standard InChI is InChI=1S/C10H16BrN3OS/c1-5(2)7(11)8(15)12-10-14-13-9(16-10)6(3)4/h5-7H,1-4H3,(H,12,14,15)/t7-/m0/s1. The number of rotatable bonds is 4. The first kappa shape index (κ1) is 13.6. The van der Waals surface area contributed by atoms with Crippen LogP contribution in [-0.2, 0) is 4.79 Å². The number of aromatic nitrogens is 2. The number of halogens is 1. The molecular formula is C10H16BrN3OS. The Labute approximate surface area is 108 Å². The maximum Gasteiger partial charge on any atom is 0.240 e. The summed E-state index contributed by atoms with van der Waals surface area (Å²) in [5.74, 6) is 0.520. The van der Waals surface area contributed by atoms with Crippen molar-refractivity contribution in [2.24, 2.45) is 5.92 Å². The Morgan fingerprint density at radius 1 is 1.31 bits per heavy atom. The first-order valence-electron chi connectivity index (χ1n) is 5.20. The lowest BCUT2D eigenvalue weighted by Gasteiger charge is -2.11. The zero-order valence-electron chi connectivity index (χ0n) is 9.82. The molecule has 0 saturated carbocycles. The SMILES string of the molecule is CC(C)c1nnc(NC(=O)[C@@H](Br)C(C)C)s1. The van der Waals surface area contributed by atoms with E-state index >= 15 is 0 Å². The number of nitrogens with one attached hydrogen (secondary N) is 1. The number of nitrogens with zero attached hydrogens (tertiary/aromatic N) is 2. The summed E-state index contributed by atoms with van der Waals surface area (Å²) < 4.78 is 0. The largest absolute Gasteiger partial charge is 0.300 e. The van der Waals surface area contributed by atoms with Gasteiger partial charge in [0.25, 0.3) is 0 Å². The van der Waals surface area contributed by atoms with E-state index in [1.54, 1.807) is 0 Å². The topological polar surface area (TPSA) is 54.9 Å². The third kappa shape index (κ3) is 3.52. The summed E-state index contributed by atoms with van der Waals surface area (Å²) >= 11 is 4.77. The first-order chi connectivity index (χ1) is 7.41. The summed E-state index contributed by atoms with van der Waals surface area (Å²) in [5.41, 5.74) is 0. The van der Waals surface area contributed by atoms with Crippen molar-refractivity contribution >= 4 is 38.3 Å². The van der Waals surface area contributed by atoms with Crippen molar-refractivity contribution in [2.75, 3.05) is 5.32 Å². The van der Waals surface area contributed by atoms with Gasteiger partial charge in [0, 0.05) is 5.92 Å². The van der Waals surface area contributed by atoms with Gasteiger partial charge in [0.05, 0.1) is 4.83 Å². The van der Waals surface area contributed by atoms with Gasteiger partial charge in [0.15, 0.2) is 0 Å². The molecule has 1 rings (SSSR count). The number of anilines is 1. The second kappa shape index (κ2) is 5.72. The van der Waals surface area contributed by atoms with Crippen molar-refractivity contribution in [1.82, 2.24) is 10.2 Å². The fourth-order valence-corrected chi connectivity index (χ4v) is 1.86. The van der Waals surface area contributed by atoms with E-state index in [4.69, 9.17) is 0 Å². The van der Waals surface area contributed by atoms with Crippen LogP contribution in [0.5, 0.6) is 0 Å². The fraction of sp³-hybridized carbons (Fsp3) is 0.700. The van der Waals surface area contributed by atoms with Gasteiger partial charge in [-0.05, 0) is 5.92 Å². The molecule has 0 bridgehead atoms. The van der Waals surface area contributed by atoms with Crippen molar-refractivity contribution < 1.29 is 4.79 Å². The highest BCUT2D eigenvalue weighted by Crippen LogP contribution is 2.23. The molecule has 0 aromatic carbocycles. The van der Waals surface area contributed by atoms with E-state index < -0.39 is 0 Å². The van der Waals surface area contributed by atoms with E-state index in [2.05, 4.69) is 31.4 Å². The predicted molar refractivity (Wildman–Crippen MR) is 70.2 cm³/mol. The van der Waals surface area contributed by atoms with Crippen LogP contribution in [0.25, 0.3) is 0 Å². The third-order valence-electron chi connectivity index (χ3n) is 2.00. The van der Waals surface area contributed by atoms with Crippen LogP contribution in [0, 0.1) is 5.92 Å². The molecule has 1 heterocycles. The summed E-state index contributed by atoms with van der Waals surface area (Å²) in [5, 5.41) is 12.2. The Hall–Kier alpha value is -0.490. The quantitative estimate of drug-likeness (QED) is 0.870. The number of amides is 1. The van der Waals surface area contributed by atoms with Crippen molar-refractivity contribution in [3.05, 3.63) is 5.01 Å². The lowest BCUT2D eigenvalue weighted by molar-refractivity contribution is -0.116. The van der Waals surface area contributed by atoms with E-state index in [9.17, 15) is 4.79 Å². The molecule has 0 radical (unpaired) electrons. The maximum atomic E-state index is 11.7. The zero-order chi connectivity index (χ0) is 12.3. The zero-order valence-corrected chi connectivity index (χ0v) is 12.2. The normalized spacial score (nSPS) is 13.2. The molecule has 4 nitrogen and oxygen atoms in total. The summed E-state index contributed by atoms with van der Waals surface area (Å²) in [7, 11) is 0. The van der Waals surface area contributed by atoms with Crippen molar-refractivity contribution in [3.63, 3.8) is 0 Å². The first-order valence-corrected chi connectivity index (χ1v) is 6.93. The second-order valence-corrected chi connectivity index (χ2v) is 6.23.